The Morgan fingerprint density at radius 3 is 2.50 bits per heavy atom. The molecule has 0 aliphatic rings. The second-order valence-electron chi connectivity index (χ2n) is 4.62. The summed E-state index contributed by atoms with van der Waals surface area (Å²) in [5.74, 6) is -1.50. The number of hydrogen-bond acceptors (Lipinski definition) is 4. The number of benzene rings is 1. The molecule has 0 fully saturated rings. The number of anilines is 1. The molecule has 6 nitrogen and oxygen atoms in total. The Balaban J connectivity index is 2.60. The second-order valence-corrected chi connectivity index (χ2v) is 4.62. The molecule has 0 aliphatic carbocycles. The number of rotatable bonds is 7. The Kier molecular flexibility index (Phi) is 6.14. The van der Waals surface area contributed by atoms with Gasteiger partial charge in [-0.1, -0.05) is 6.07 Å². The summed E-state index contributed by atoms with van der Waals surface area (Å²) < 4.78 is 0. The van der Waals surface area contributed by atoms with Gasteiger partial charge in [-0.2, -0.15) is 0 Å². The lowest BCUT2D eigenvalue weighted by molar-refractivity contribution is -0.141. The molecule has 0 saturated carbocycles. The number of nitrogens with one attached hydrogen (secondary N) is 2. The van der Waals surface area contributed by atoms with Crippen molar-refractivity contribution in [3.8, 4) is 0 Å². The highest BCUT2D eigenvalue weighted by molar-refractivity contribution is 5.94. The van der Waals surface area contributed by atoms with Gasteiger partial charge in [0.05, 0.1) is 13.0 Å². The van der Waals surface area contributed by atoms with Crippen molar-refractivity contribution in [1.82, 2.24) is 5.32 Å². The zero-order valence-electron chi connectivity index (χ0n) is 11.6. The summed E-state index contributed by atoms with van der Waals surface area (Å²) in [4.78, 5) is 22.8. The van der Waals surface area contributed by atoms with Crippen LogP contribution < -0.4 is 10.6 Å². The monoisotopic (exact) mass is 280 g/mol. The first kappa shape index (κ1) is 16.1. The molecule has 4 N–H and O–H groups in total. The van der Waals surface area contributed by atoms with Crippen molar-refractivity contribution in [2.45, 2.75) is 26.3 Å². The summed E-state index contributed by atoms with van der Waals surface area (Å²) in [6.45, 7) is 3.87. The minimum atomic E-state index is -1.12. The lowest BCUT2D eigenvalue weighted by Crippen LogP contribution is -2.41. The third kappa shape index (κ3) is 4.99. The van der Waals surface area contributed by atoms with Gasteiger partial charge < -0.3 is 20.8 Å². The smallest absolute Gasteiger partial charge is 0.321 e. The number of aliphatic hydroxyl groups is 1. The van der Waals surface area contributed by atoms with Crippen molar-refractivity contribution in [2.24, 2.45) is 0 Å². The molecule has 0 aliphatic heterocycles. The highest BCUT2D eigenvalue weighted by atomic mass is 16.4. The number of carboxylic acids is 1. The first-order valence-corrected chi connectivity index (χ1v) is 6.38. The number of amides is 1. The SMILES string of the molecule is Cc1ccc(NC(=O)CC(NCCO)C(=O)O)cc1C. The van der Waals surface area contributed by atoms with E-state index in [-0.39, 0.29) is 25.5 Å². The van der Waals surface area contributed by atoms with E-state index >= 15 is 0 Å². The number of carbonyl (C=O) groups is 2. The van der Waals surface area contributed by atoms with E-state index in [0.29, 0.717) is 5.69 Å². The van der Waals surface area contributed by atoms with E-state index < -0.39 is 12.0 Å². The van der Waals surface area contributed by atoms with Crippen LogP contribution in [0.3, 0.4) is 0 Å². The van der Waals surface area contributed by atoms with E-state index in [1.54, 1.807) is 6.07 Å². The van der Waals surface area contributed by atoms with Crippen molar-refractivity contribution >= 4 is 17.6 Å². The summed E-state index contributed by atoms with van der Waals surface area (Å²) in [5.41, 5.74) is 2.82. The van der Waals surface area contributed by atoms with E-state index in [4.69, 9.17) is 10.2 Å². The van der Waals surface area contributed by atoms with Crippen LogP contribution >= 0.6 is 0 Å². The number of aliphatic hydroxyl groups excluding tert-OH is 1. The molecule has 0 aromatic heterocycles. The summed E-state index contributed by atoms with van der Waals surface area (Å²) in [7, 11) is 0. The molecule has 1 aromatic rings. The third-order valence-electron chi connectivity index (χ3n) is 2.98. The number of hydrogen-bond donors (Lipinski definition) is 4. The lowest BCUT2D eigenvalue weighted by atomic mass is 10.1. The molecule has 1 unspecified atom stereocenters. The van der Waals surface area contributed by atoms with Crippen LogP contribution in [0.4, 0.5) is 5.69 Å². The average Bonchev–Trinajstić information content (AvgIpc) is 2.38. The van der Waals surface area contributed by atoms with Crippen LogP contribution in [0, 0.1) is 13.8 Å². The summed E-state index contributed by atoms with van der Waals surface area (Å²) in [5, 5.41) is 22.9. The van der Waals surface area contributed by atoms with Crippen molar-refractivity contribution in [3.05, 3.63) is 29.3 Å². The van der Waals surface area contributed by atoms with Crippen molar-refractivity contribution in [1.29, 1.82) is 0 Å². The van der Waals surface area contributed by atoms with Gasteiger partial charge in [-0.25, -0.2) is 0 Å². The maximum absolute atomic E-state index is 11.8. The van der Waals surface area contributed by atoms with Gasteiger partial charge in [0.15, 0.2) is 0 Å². The predicted molar refractivity (Wildman–Crippen MR) is 75.7 cm³/mol. The van der Waals surface area contributed by atoms with Crippen molar-refractivity contribution in [2.75, 3.05) is 18.5 Å². The quantitative estimate of drug-likeness (QED) is 0.588. The maximum atomic E-state index is 11.8. The Bertz CT molecular complexity index is 488. The molecule has 0 spiro atoms. The molecule has 1 amide bonds. The average molecular weight is 280 g/mol. The van der Waals surface area contributed by atoms with Gasteiger partial charge in [0.25, 0.3) is 0 Å². The Hall–Kier alpha value is -1.92. The fourth-order valence-corrected chi connectivity index (χ4v) is 1.70. The molecule has 0 radical (unpaired) electrons. The van der Waals surface area contributed by atoms with Crippen LogP contribution in [0.2, 0.25) is 0 Å². The predicted octanol–water partition coefficient (Wildman–Crippen LogP) is 0.667. The first-order valence-electron chi connectivity index (χ1n) is 6.38. The van der Waals surface area contributed by atoms with Gasteiger partial charge in [0.1, 0.15) is 6.04 Å². The number of aryl methyl sites for hydroxylation is 2. The van der Waals surface area contributed by atoms with Crippen LogP contribution in [0.15, 0.2) is 18.2 Å². The zero-order valence-corrected chi connectivity index (χ0v) is 11.6. The van der Waals surface area contributed by atoms with Crippen LogP contribution in [-0.2, 0) is 9.59 Å². The standard InChI is InChI=1S/C14H20N2O4/c1-9-3-4-11(7-10(9)2)16-13(18)8-12(14(19)20)15-5-6-17/h3-4,7,12,15,17H,5-6,8H2,1-2H3,(H,16,18)(H,19,20). The second kappa shape index (κ2) is 7.62. The largest absolute Gasteiger partial charge is 0.480 e. The third-order valence-corrected chi connectivity index (χ3v) is 2.98. The van der Waals surface area contributed by atoms with Crippen molar-refractivity contribution in [3.63, 3.8) is 0 Å². The molecular formula is C14H20N2O4. The van der Waals surface area contributed by atoms with E-state index in [0.717, 1.165) is 11.1 Å². The normalized spacial score (nSPS) is 11.9. The zero-order chi connectivity index (χ0) is 15.1. The molecule has 0 saturated heterocycles. The Morgan fingerprint density at radius 2 is 1.95 bits per heavy atom. The number of carbonyl (C=O) groups excluding carboxylic acids is 1. The van der Waals surface area contributed by atoms with E-state index in [2.05, 4.69) is 10.6 Å². The molecule has 1 atom stereocenters. The van der Waals surface area contributed by atoms with Gasteiger partial charge in [-0.05, 0) is 37.1 Å². The van der Waals surface area contributed by atoms with Gasteiger partial charge in [0.2, 0.25) is 5.91 Å². The van der Waals surface area contributed by atoms with Crippen LogP contribution in [0.1, 0.15) is 17.5 Å². The molecular weight excluding hydrogens is 260 g/mol. The highest BCUT2D eigenvalue weighted by Gasteiger charge is 2.20. The van der Waals surface area contributed by atoms with Crippen LogP contribution in [-0.4, -0.2) is 41.3 Å². The number of aliphatic carboxylic acids is 1. The fraction of sp³-hybridized carbons (Fsp3) is 0.429. The van der Waals surface area contributed by atoms with Gasteiger partial charge in [0, 0.05) is 12.2 Å². The molecule has 1 aromatic carbocycles. The Morgan fingerprint density at radius 1 is 1.25 bits per heavy atom. The molecule has 0 heterocycles. The Labute approximate surface area is 117 Å². The van der Waals surface area contributed by atoms with E-state index in [1.165, 1.54) is 0 Å². The van der Waals surface area contributed by atoms with E-state index in [1.807, 2.05) is 26.0 Å². The minimum absolute atomic E-state index is 0.133. The molecule has 20 heavy (non-hydrogen) atoms. The summed E-state index contributed by atoms with van der Waals surface area (Å²) in [6.07, 6.45) is -0.192. The topological polar surface area (TPSA) is 98.7 Å². The minimum Gasteiger partial charge on any atom is -0.480 e. The highest BCUT2D eigenvalue weighted by Crippen LogP contribution is 2.14. The maximum Gasteiger partial charge on any atom is 0.321 e. The fourth-order valence-electron chi connectivity index (χ4n) is 1.70. The van der Waals surface area contributed by atoms with Crippen molar-refractivity contribution < 1.29 is 19.8 Å². The molecule has 6 heteroatoms. The van der Waals surface area contributed by atoms with E-state index in [9.17, 15) is 9.59 Å². The number of carboxylic acid groups (broad SMARTS) is 1. The van der Waals surface area contributed by atoms with Crippen LogP contribution in [0.25, 0.3) is 0 Å². The first-order chi connectivity index (χ1) is 9.43. The van der Waals surface area contributed by atoms with Gasteiger partial charge in [-0.3, -0.25) is 9.59 Å². The lowest BCUT2D eigenvalue weighted by Gasteiger charge is -2.14. The molecule has 0 bridgehead atoms. The summed E-state index contributed by atoms with van der Waals surface area (Å²) >= 11 is 0. The molecule has 1 rings (SSSR count). The van der Waals surface area contributed by atoms with Gasteiger partial charge >= 0.3 is 5.97 Å². The van der Waals surface area contributed by atoms with Crippen LogP contribution in [0.5, 0.6) is 0 Å². The van der Waals surface area contributed by atoms with Gasteiger partial charge in [-0.15, -0.1) is 0 Å². The molecule has 110 valence electrons. The summed E-state index contributed by atoms with van der Waals surface area (Å²) in [6, 6.07) is 4.50.